The molecule has 0 N–H and O–H groups in total. The average molecular weight is 786 g/mol. The van der Waals surface area contributed by atoms with Gasteiger partial charge in [0.05, 0.1) is 5.41 Å². The fourth-order valence-electron chi connectivity index (χ4n) is 4.80. The first-order valence-corrected chi connectivity index (χ1v) is 15.8. The number of unbranched alkanes of at least 4 members (excludes halogenated alkanes) is 1. The Morgan fingerprint density at radius 1 is 0.750 bits per heavy atom. The summed E-state index contributed by atoms with van der Waals surface area (Å²) in [6, 6.07) is 12.4. The van der Waals surface area contributed by atoms with E-state index in [0.29, 0.717) is 30.8 Å². The number of ketones is 2. The van der Waals surface area contributed by atoms with E-state index in [1.165, 1.54) is 56.8 Å². The van der Waals surface area contributed by atoms with Crippen molar-refractivity contribution in [3.63, 3.8) is 0 Å². The van der Waals surface area contributed by atoms with Crippen LogP contribution >= 0.6 is 77.0 Å². The second-order valence-electron chi connectivity index (χ2n) is 8.58. The second kappa shape index (κ2) is 12.8. The van der Waals surface area contributed by atoms with Crippen molar-refractivity contribution < 1.29 is 9.59 Å². The van der Waals surface area contributed by atoms with Crippen molar-refractivity contribution in [2.75, 3.05) is 8.86 Å². The Bertz CT molecular complexity index is 964. The van der Waals surface area contributed by atoms with Crippen molar-refractivity contribution in [1.29, 1.82) is 0 Å². The van der Waals surface area contributed by atoms with Gasteiger partial charge in [-0.25, -0.2) is 0 Å². The summed E-state index contributed by atoms with van der Waals surface area (Å²) in [6.07, 6.45) is 9.24. The Balaban J connectivity index is 0.000000150. The number of halogens is 4. The number of hydrogen-bond donors (Lipinski definition) is 0. The number of alkyl halides is 2. The normalized spacial score (nSPS) is 17.4. The molecule has 1 spiro atoms. The molecule has 0 heterocycles. The highest BCUT2D eigenvalue weighted by Gasteiger charge is 2.47. The van der Waals surface area contributed by atoms with E-state index in [2.05, 4.69) is 95.2 Å². The van der Waals surface area contributed by atoms with Gasteiger partial charge in [0.25, 0.3) is 0 Å². The van der Waals surface area contributed by atoms with E-state index in [0.717, 1.165) is 21.8 Å². The predicted octanol–water partition coefficient (Wildman–Crippen LogP) is 8.14. The standard InChI is InChI=1S/C13H13BrO.C9H7BrO.C4H8I2/c14-10-3-4-11-9(7-10)8-12(15)13(11)5-1-2-6-13;10-8-2-1-6-4-9(11)5-7(6)3-8;5-3-1-2-4-6/h3-4,7H,1-2,5-6,8H2;1-3H,4-5H2;1-4H2. The van der Waals surface area contributed by atoms with Crippen LogP contribution in [-0.4, -0.2) is 20.4 Å². The van der Waals surface area contributed by atoms with Crippen LogP contribution < -0.4 is 0 Å². The van der Waals surface area contributed by atoms with Crippen molar-refractivity contribution in [2.24, 2.45) is 0 Å². The molecule has 0 aliphatic heterocycles. The third kappa shape index (κ3) is 6.66. The van der Waals surface area contributed by atoms with Crippen molar-refractivity contribution in [1.82, 2.24) is 0 Å². The minimum Gasteiger partial charge on any atom is -0.299 e. The highest BCUT2D eigenvalue weighted by molar-refractivity contribution is 14.1. The largest absolute Gasteiger partial charge is 0.299 e. The predicted molar refractivity (Wildman–Crippen MR) is 157 cm³/mol. The second-order valence-corrected chi connectivity index (χ2v) is 12.6. The topological polar surface area (TPSA) is 34.1 Å². The van der Waals surface area contributed by atoms with Gasteiger partial charge in [0.2, 0.25) is 0 Å². The van der Waals surface area contributed by atoms with Crippen LogP contribution in [0.3, 0.4) is 0 Å². The number of carbonyl (C=O) groups excluding carboxylic acids is 2. The third-order valence-electron chi connectivity index (χ3n) is 6.39. The molecule has 1 saturated carbocycles. The molecule has 32 heavy (non-hydrogen) atoms. The molecule has 3 aliphatic carbocycles. The van der Waals surface area contributed by atoms with Gasteiger partial charge in [-0.05, 0) is 81.1 Å². The molecule has 0 unspecified atom stereocenters. The van der Waals surface area contributed by atoms with Crippen molar-refractivity contribution in [3.8, 4) is 0 Å². The highest BCUT2D eigenvalue weighted by Crippen LogP contribution is 2.48. The molecule has 0 amide bonds. The lowest BCUT2D eigenvalue weighted by molar-refractivity contribution is -0.122. The lowest BCUT2D eigenvalue weighted by Crippen LogP contribution is -2.28. The van der Waals surface area contributed by atoms with Crippen LogP contribution in [0.2, 0.25) is 0 Å². The van der Waals surface area contributed by atoms with E-state index in [1.54, 1.807) is 0 Å². The zero-order valence-corrected chi connectivity index (χ0v) is 25.6. The maximum Gasteiger partial charge on any atom is 0.147 e. The Kier molecular flexibility index (Phi) is 10.7. The Hall–Kier alpha value is 0.200. The van der Waals surface area contributed by atoms with Crippen LogP contribution in [0.4, 0.5) is 0 Å². The van der Waals surface area contributed by atoms with Crippen LogP contribution in [0.15, 0.2) is 45.3 Å². The number of carbonyl (C=O) groups is 2. The summed E-state index contributed by atoms with van der Waals surface area (Å²) in [4.78, 5) is 23.1. The number of fused-ring (bicyclic) bond motifs is 3. The number of benzene rings is 2. The van der Waals surface area contributed by atoms with Crippen molar-refractivity contribution in [2.45, 2.75) is 63.2 Å². The molecule has 1 fully saturated rings. The first-order valence-electron chi connectivity index (χ1n) is 11.1. The fourth-order valence-corrected chi connectivity index (χ4v) is 6.70. The van der Waals surface area contributed by atoms with Crippen LogP contribution in [0.5, 0.6) is 0 Å². The zero-order chi connectivity index (χ0) is 23.1. The summed E-state index contributed by atoms with van der Waals surface area (Å²) in [5.41, 5.74) is 4.85. The van der Waals surface area contributed by atoms with Gasteiger partial charge in [-0.2, -0.15) is 0 Å². The third-order valence-corrected chi connectivity index (χ3v) is 8.90. The van der Waals surface area contributed by atoms with E-state index in [9.17, 15) is 9.59 Å². The van der Waals surface area contributed by atoms with Crippen molar-refractivity contribution >= 4 is 88.6 Å². The molecular formula is C26H28Br2I2O2. The van der Waals surface area contributed by atoms with E-state index in [1.807, 2.05) is 18.2 Å². The lowest BCUT2D eigenvalue weighted by Gasteiger charge is -2.22. The van der Waals surface area contributed by atoms with Gasteiger partial charge >= 0.3 is 0 Å². The zero-order valence-electron chi connectivity index (χ0n) is 18.1. The maximum absolute atomic E-state index is 12.2. The van der Waals surface area contributed by atoms with Crippen LogP contribution in [0.1, 0.15) is 60.8 Å². The van der Waals surface area contributed by atoms with Gasteiger partial charge < -0.3 is 0 Å². The molecule has 5 rings (SSSR count). The van der Waals surface area contributed by atoms with Gasteiger partial charge in [-0.15, -0.1) is 0 Å². The molecular weight excluding hydrogens is 758 g/mol. The summed E-state index contributed by atoms with van der Waals surface area (Å²) < 4.78 is 4.79. The average Bonchev–Trinajstić information content (AvgIpc) is 3.46. The summed E-state index contributed by atoms with van der Waals surface area (Å²) >= 11 is 11.7. The quantitative estimate of drug-likeness (QED) is 0.179. The Morgan fingerprint density at radius 3 is 1.94 bits per heavy atom. The van der Waals surface area contributed by atoms with Crippen LogP contribution in [0, 0.1) is 0 Å². The molecule has 2 aromatic rings. The highest BCUT2D eigenvalue weighted by atomic mass is 127. The molecule has 0 saturated heterocycles. The molecule has 0 radical (unpaired) electrons. The van der Waals surface area contributed by atoms with E-state index in [4.69, 9.17) is 0 Å². The molecule has 0 bridgehead atoms. The molecule has 6 heteroatoms. The fraction of sp³-hybridized carbons (Fsp3) is 0.462. The summed E-state index contributed by atoms with van der Waals surface area (Å²) in [5.74, 6) is 0.784. The van der Waals surface area contributed by atoms with E-state index in [-0.39, 0.29) is 5.41 Å². The van der Waals surface area contributed by atoms with E-state index >= 15 is 0 Å². The molecule has 0 atom stereocenters. The van der Waals surface area contributed by atoms with Crippen LogP contribution in [0.25, 0.3) is 0 Å². The van der Waals surface area contributed by atoms with Gasteiger partial charge in [0.15, 0.2) is 0 Å². The Morgan fingerprint density at radius 2 is 1.31 bits per heavy atom. The van der Waals surface area contributed by atoms with Crippen LogP contribution in [-0.2, 0) is 34.3 Å². The Labute approximate surface area is 235 Å². The summed E-state index contributed by atoms with van der Waals surface area (Å²) in [7, 11) is 0. The number of Topliss-reactive ketones (excluding diaryl/α,β-unsaturated/α-hetero) is 2. The first kappa shape index (κ1) is 26.8. The monoisotopic (exact) mass is 784 g/mol. The van der Waals surface area contributed by atoms with E-state index < -0.39 is 0 Å². The molecule has 2 nitrogen and oxygen atoms in total. The smallest absolute Gasteiger partial charge is 0.147 e. The molecule has 2 aromatic carbocycles. The first-order chi connectivity index (χ1) is 15.4. The minimum absolute atomic E-state index is 0.0873. The maximum atomic E-state index is 12.2. The number of rotatable bonds is 3. The molecule has 172 valence electrons. The minimum atomic E-state index is -0.0873. The number of hydrogen-bond acceptors (Lipinski definition) is 2. The summed E-state index contributed by atoms with van der Waals surface area (Å²) in [5, 5.41) is 0. The van der Waals surface area contributed by atoms with Gasteiger partial charge in [-0.1, -0.05) is 102 Å². The lowest BCUT2D eigenvalue weighted by atomic mass is 9.79. The molecule has 3 aliphatic rings. The van der Waals surface area contributed by atoms with Gasteiger partial charge in [0.1, 0.15) is 11.6 Å². The van der Waals surface area contributed by atoms with Gasteiger partial charge in [0, 0.05) is 28.2 Å². The van der Waals surface area contributed by atoms with Gasteiger partial charge in [-0.3, -0.25) is 9.59 Å². The SMILES string of the molecule is ICCCCI.O=C1Cc2cc(Br)ccc2C12CCCC2.O=C1Cc2ccc(Br)cc2C1. The van der Waals surface area contributed by atoms with Crippen molar-refractivity contribution in [3.05, 3.63) is 67.6 Å². The molecule has 0 aromatic heterocycles. The summed E-state index contributed by atoms with van der Waals surface area (Å²) in [6.45, 7) is 0.